The van der Waals surface area contributed by atoms with Crippen molar-refractivity contribution in [3.8, 4) is 11.1 Å². The van der Waals surface area contributed by atoms with E-state index in [1.807, 2.05) is 32.3 Å². The molecule has 3 rings (SSSR count). The number of nitrogens with zero attached hydrogens (tertiary/aromatic N) is 3. The molecule has 1 aliphatic heterocycles. The minimum atomic E-state index is -0.283. The van der Waals surface area contributed by atoms with Crippen LogP contribution in [-0.4, -0.2) is 29.0 Å². The van der Waals surface area contributed by atoms with Gasteiger partial charge < -0.3 is 4.74 Å². The molecule has 2 heterocycles. The van der Waals surface area contributed by atoms with Crippen LogP contribution in [0.5, 0.6) is 0 Å². The molecule has 0 radical (unpaired) electrons. The van der Waals surface area contributed by atoms with Crippen molar-refractivity contribution in [2.45, 2.75) is 6.92 Å². The molecule has 2 aromatic rings. The monoisotopic (exact) mass is 257 g/mol. The van der Waals surface area contributed by atoms with Gasteiger partial charge in [-0.25, -0.2) is 4.79 Å². The predicted molar refractivity (Wildman–Crippen MR) is 72.1 cm³/mol. The van der Waals surface area contributed by atoms with Crippen LogP contribution in [0.15, 0.2) is 30.6 Å². The van der Waals surface area contributed by atoms with Crippen LogP contribution < -0.4 is 4.90 Å². The Balaban J connectivity index is 2.11. The molecule has 0 saturated carbocycles. The Morgan fingerprint density at radius 3 is 2.84 bits per heavy atom. The Labute approximate surface area is 111 Å². The molecule has 1 fully saturated rings. The van der Waals surface area contributed by atoms with E-state index >= 15 is 0 Å². The maximum absolute atomic E-state index is 11.7. The number of cyclic esters (lactones) is 1. The van der Waals surface area contributed by atoms with E-state index < -0.39 is 0 Å². The zero-order chi connectivity index (χ0) is 13.4. The van der Waals surface area contributed by atoms with Gasteiger partial charge in [-0.1, -0.05) is 11.6 Å². The van der Waals surface area contributed by atoms with E-state index in [4.69, 9.17) is 4.74 Å². The summed E-state index contributed by atoms with van der Waals surface area (Å²) in [6, 6.07) is 6.03. The summed E-state index contributed by atoms with van der Waals surface area (Å²) in [5.41, 5.74) is 4.03. The van der Waals surface area contributed by atoms with E-state index in [2.05, 4.69) is 11.2 Å². The molecule has 98 valence electrons. The molecule has 5 nitrogen and oxygen atoms in total. The third kappa shape index (κ3) is 2.07. The summed E-state index contributed by atoms with van der Waals surface area (Å²) in [6.45, 7) is 3.07. The van der Waals surface area contributed by atoms with Gasteiger partial charge in [-0.2, -0.15) is 5.10 Å². The number of hydrogen-bond acceptors (Lipinski definition) is 3. The number of amides is 1. The van der Waals surface area contributed by atoms with E-state index in [-0.39, 0.29) is 6.09 Å². The van der Waals surface area contributed by atoms with Crippen molar-refractivity contribution >= 4 is 11.8 Å². The van der Waals surface area contributed by atoms with Crippen LogP contribution in [0.3, 0.4) is 0 Å². The third-order valence-corrected chi connectivity index (χ3v) is 3.22. The number of carbonyl (C=O) groups is 1. The number of carbonyl (C=O) groups excluding carboxylic acids is 1. The summed E-state index contributed by atoms with van der Waals surface area (Å²) in [5, 5.41) is 4.19. The minimum Gasteiger partial charge on any atom is -0.447 e. The smallest absolute Gasteiger partial charge is 0.414 e. The van der Waals surface area contributed by atoms with Crippen molar-refractivity contribution in [2.75, 3.05) is 18.1 Å². The second-order valence-corrected chi connectivity index (χ2v) is 4.69. The van der Waals surface area contributed by atoms with Crippen LogP contribution in [0.4, 0.5) is 10.5 Å². The topological polar surface area (TPSA) is 47.4 Å². The van der Waals surface area contributed by atoms with E-state index in [1.165, 1.54) is 0 Å². The van der Waals surface area contributed by atoms with E-state index in [0.29, 0.717) is 13.2 Å². The molecule has 1 amide bonds. The summed E-state index contributed by atoms with van der Waals surface area (Å²) >= 11 is 0. The molecule has 0 N–H and O–H groups in total. The summed E-state index contributed by atoms with van der Waals surface area (Å²) < 4.78 is 6.77. The molecular formula is C14H15N3O2. The van der Waals surface area contributed by atoms with Gasteiger partial charge in [0.05, 0.1) is 18.4 Å². The molecular weight excluding hydrogens is 242 g/mol. The Bertz CT molecular complexity index is 633. The van der Waals surface area contributed by atoms with Gasteiger partial charge in [-0.15, -0.1) is 0 Å². The number of hydrogen-bond donors (Lipinski definition) is 0. The molecule has 1 aliphatic rings. The molecule has 5 heteroatoms. The predicted octanol–water partition coefficient (Wildman–Crippen LogP) is 2.35. The fraction of sp³-hybridized carbons (Fsp3) is 0.286. The van der Waals surface area contributed by atoms with Crippen LogP contribution in [0.1, 0.15) is 5.56 Å². The summed E-state index contributed by atoms with van der Waals surface area (Å²) in [7, 11) is 1.88. The van der Waals surface area contributed by atoms with Gasteiger partial charge in [0.1, 0.15) is 6.61 Å². The Hall–Kier alpha value is -2.30. The molecule has 0 atom stereocenters. The Morgan fingerprint density at radius 1 is 1.37 bits per heavy atom. The van der Waals surface area contributed by atoms with Crippen LogP contribution in [-0.2, 0) is 11.8 Å². The van der Waals surface area contributed by atoms with Crippen molar-refractivity contribution in [1.29, 1.82) is 0 Å². The van der Waals surface area contributed by atoms with Gasteiger partial charge in [0.15, 0.2) is 0 Å². The lowest BCUT2D eigenvalue weighted by atomic mass is 10.0. The summed E-state index contributed by atoms with van der Waals surface area (Å²) in [6.07, 6.45) is 3.47. The van der Waals surface area contributed by atoms with Crippen LogP contribution in [0.2, 0.25) is 0 Å². The van der Waals surface area contributed by atoms with Gasteiger partial charge in [0.2, 0.25) is 0 Å². The van der Waals surface area contributed by atoms with Gasteiger partial charge in [-0.05, 0) is 19.1 Å². The highest BCUT2D eigenvalue weighted by molar-refractivity contribution is 5.95. The summed E-state index contributed by atoms with van der Waals surface area (Å²) in [5.74, 6) is 0. The van der Waals surface area contributed by atoms with Gasteiger partial charge in [-0.3, -0.25) is 9.58 Å². The van der Waals surface area contributed by atoms with Crippen molar-refractivity contribution in [1.82, 2.24) is 9.78 Å². The lowest BCUT2D eigenvalue weighted by Crippen LogP contribution is -2.23. The maximum Gasteiger partial charge on any atom is 0.414 e. The first-order chi connectivity index (χ1) is 9.15. The maximum atomic E-state index is 11.7. The zero-order valence-corrected chi connectivity index (χ0v) is 11.0. The zero-order valence-electron chi connectivity index (χ0n) is 11.0. The molecule has 1 saturated heterocycles. The number of aryl methyl sites for hydroxylation is 2. The lowest BCUT2D eigenvalue weighted by Gasteiger charge is -2.17. The van der Waals surface area contributed by atoms with Crippen LogP contribution in [0, 0.1) is 6.92 Å². The van der Waals surface area contributed by atoms with Gasteiger partial charge in [0.25, 0.3) is 0 Å². The largest absolute Gasteiger partial charge is 0.447 e. The quantitative estimate of drug-likeness (QED) is 0.829. The van der Waals surface area contributed by atoms with Crippen molar-refractivity contribution < 1.29 is 9.53 Å². The lowest BCUT2D eigenvalue weighted by molar-refractivity contribution is 0.181. The minimum absolute atomic E-state index is 0.283. The molecule has 1 aromatic carbocycles. The first-order valence-electron chi connectivity index (χ1n) is 6.19. The van der Waals surface area contributed by atoms with Crippen molar-refractivity contribution in [2.24, 2.45) is 7.05 Å². The van der Waals surface area contributed by atoms with Crippen molar-refractivity contribution in [3.05, 3.63) is 36.2 Å². The van der Waals surface area contributed by atoms with Gasteiger partial charge in [0, 0.05) is 24.4 Å². The molecule has 0 aliphatic carbocycles. The number of ether oxygens (including phenoxy) is 1. The highest BCUT2D eigenvalue weighted by Crippen LogP contribution is 2.33. The van der Waals surface area contributed by atoms with Gasteiger partial charge >= 0.3 is 6.09 Å². The third-order valence-electron chi connectivity index (χ3n) is 3.22. The Morgan fingerprint density at radius 2 is 2.21 bits per heavy atom. The van der Waals surface area contributed by atoms with Crippen molar-refractivity contribution in [3.63, 3.8) is 0 Å². The Kier molecular flexibility index (Phi) is 2.74. The highest BCUT2D eigenvalue weighted by Gasteiger charge is 2.26. The first-order valence-corrected chi connectivity index (χ1v) is 6.19. The molecule has 1 aromatic heterocycles. The fourth-order valence-electron chi connectivity index (χ4n) is 2.29. The average molecular weight is 257 g/mol. The van der Waals surface area contributed by atoms with E-state index in [1.54, 1.807) is 15.8 Å². The fourth-order valence-corrected chi connectivity index (χ4v) is 2.29. The average Bonchev–Trinajstić information content (AvgIpc) is 2.98. The van der Waals surface area contributed by atoms with Crippen LogP contribution in [0.25, 0.3) is 11.1 Å². The number of anilines is 1. The number of benzene rings is 1. The SMILES string of the molecule is Cc1ccc(N2CCOC2=O)c(-c2cnn(C)c2)c1. The molecule has 19 heavy (non-hydrogen) atoms. The standard InChI is InChI=1S/C14H15N3O2/c1-10-3-4-13(17-5-6-19-14(17)18)12(7-10)11-8-15-16(2)9-11/h3-4,7-9H,5-6H2,1-2H3. The number of rotatable bonds is 2. The second kappa shape index (κ2) is 4.42. The normalized spacial score (nSPS) is 14.8. The van der Waals surface area contributed by atoms with E-state index in [9.17, 15) is 4.79 Å². The number of aromatic nitrogens is 2. The highest BCUT2D eigenvalue weighted by atomic mass is 16.6. The summed E-state index contributed by atoms with van der Waals surface area (Å²) in [4.78, 5) is 13.4. The van der Waals surface area contributed by atoms with Crippen LogP contribution >= 0.6 is 0 Å². The molecule has 0 spiro atoms. The molecule has 0 bridgehead atoms. The van der Waals surface area contributed by atoms with E-state index in [0.717, 1.165) is 22.4 Å². The first kappa shape index (κ1) is 11.8. The molecule has 0 unspecified atom stereocenters. The second-order valence-electron chi connectivity index (χ2n) is 4.69.